The van der Waals surface area contributed by atoms with Crippen LogP contribution in [0.15, 0.2) is 53.7 Å². The van der Waals surface area contributed by atoms with Crippen molar-refractivity contribution in [3.05, 3.63) is 71.3 Å². The number of nitrogens with zero attached hydrogens (tertiary/aromatic N) is 2. The third-order valence-electron chi connectivity index (χ3n) is 3.53. The first kappa shape index (κ1) is 20.1. The van der Waals surface area contributed by atoms with Crippen molar-refractivity contribution in [3.8, 4) is 0 Å². The molecule has 0 aliphatic heterocycles. The second-order valence-electron chi connectivity index (χ2n) is 5.47. The van der Waals surface area contributed by atoms with Gasteiger partial charge in [-0.1, -0.05) is 6.07 Å². The zero-order valence-corrected chi connectivity index (χ0v) is 15.6. The summed E-state index contributed by atoms with van der Waals surface area (Å²) in [5, 5.41) is 3.20. The van der Waals surface area contributed by atoms with Gasteiger partial charge in [-0.2, -0.15) is 17.5 Å². The van der Waals surface area contributed by atoms with Crippen LogP contribution in [0.1, 0.15) is 21.5 Å². The Labute approximate surface area is 165 Å². The van der Waals surface area contributed by atoms with Gasteiger partial charge in [0.25, 0.3) is 5.91 Å². The number of rotatable bonds is 6. The number of nitrogens with one attached hydrogen (secondary N) is 2. The Hall–Kier alpha value is -2.66. The molecule has 0 atom stereocenters. The highest BCUT2D eigenvalue weighted by molar-refractivity contribution is 8.00. The number of benzene rings is 2. The third kappa shape index (κ3) is 5.20. The molecule has 0 aliphatic carbocycles. The predicted octanol–water partition coefficient (Wildman–Crippen LogP) is 4.75. The quantitative estimate of drug-likeness (QED) is 0.438. The Kier molecular flexibility index (Phi) is 6.15. The zero-order valence-electron chi connectivity index (χ0n) is 14.0. The molecule has 0 aliphatic rings. The highest BCUT2D eigenvalue weighted by Crippen LogP contribution is 2.31. The smallest absolute Gasteiger partial charge is 0.348 e. The summed E-state index contributed by atoms with van der Waals surface area (Å²) in [4.78, 5) is 17.0. The Bertz CT molecular complexity index is 947. The lowest BCUT2D eigenvalue weighted by molar-refractivity contribution is -0.140. The molecule has 0 unspecified atom stereocenters. The van der Waals surface area contributed by atoms with E-state index in [0.717, 1.165) is 17.0 Å². The van der Waals surface area contributed by atoms with Gasteiger partial charge in [-0.15, -0.1) is 0 Å². The highest BCUT2D eigenvalue weighted by atomic mass is 32.2. The number of anilines is 1. The maximum atomic E-state index is 13.6. The molecule has 2 aromatic carbocycles. The zero-order chi connectivity index (χ0) is 20.1. The fraction of sp³-hybridized carbons (Fsp3) is 0.118. The highest BCUT2D eigenvalue weighted by Gasteiger charge is 2.33. The molecule has 11 heteroatoms. The lowest BCUT2D eigenvalue weighted by atomic mass is 10.1. The van der Waals surface area contributed by atoms with Gasteiger partial charge in [0.05, 0.1) is 5.56 Å². The average Bonchev–Trinajstić information content (AvgIpc) is 3.17. The number of hydrogen-bond donors (Lipinski definition) is 2. The molecule has 28 heavy (non-hydrogen) atoms. The van der Waals surface area contributed by atoms with Crippen molar-refractivity contribution in [2.75, 3.05) is 4.72 Å². The van der Waals surface area contributed by atoms with Crippen LogP contribution in [0, 0.1) is 5.82 Å². The molecule has 5 nitrogen and oxygen atoms in total. The van der Waals surface area contributed by atoms with E-state index in [1.165, 1.54) is 29.8 Å². The van der Waals surface area contributed by atoms with Gasteiger partial charge in [0.2, 0.25) is 5.13 Å². The Morgan fingerprint density at radius 2 is 1.89 bits per heavy atom. The summed E-state index contributed by atoms with van der Waals surface area (Å²) in [5.41, 5.74) is -0.738. The van der Waals surface area contributed by atoms with E-state index < -0.39 is 23.5 Å². The van der Waals surface area contributed by atoms with Crippen molar-refractivity contribution < 1.29 is 22.4 Å². The molecule has 0 bridgehead atoms. The van der Waals surface area contributed by atoms with Crippen LogP contribution in [0.25, 0.3) is 0 Å². The molecular formula is C17H12F4N4OS2. The van der Waals surface area contributed by atoms with Crippen molar-refractivity contribution in [3.63, 3.8) is 0 Å². The molecule has 1 heterocycles. The molecule has 0 saturated heterocycles. The number of aromatic nitrogens is 2. The fourth-order valence-corrected chi connectivity index (χ4v) is 3.27. The second-order valence-corrected chi connectivity index (χ2v) is 7.13. The van der Waals surface area contributed by atoms with E-state index >= 15 is 0 Å². The van der Waals surface area contributed by atoms with Crippen LogP contribution in [-0.4, -0.2) is 15.3 Å². The number of halogens is 4. The summed E-state index contributed by atoms with van der Waals surface area (Å²) in [5.74, 6) is -1.79. The molecule has 146 valence electrons. The van der Waals surface area contributed by atoms with Crippen LogP contribution in [0.4, 0.5) is 22.7 Å². The van der Waals surface area contributed by atoms with Crippen molar-refractivity contribution in [2.24, 2.45) is 0 Å². The summed E-state index contributed by atoms with van der Waals surface area (Å²) in [7, 11) is 0. The molecule has 0 radical (unpaired) electrons. The van der Waals surface area contributed by atoms with Gasteiger partial charge >= 0.3 is 6.18 Å². The topological polar surface area (TPSA) is 66.9 Å². The molecule has 0 saturated carbocycles. The number of hydrogen-bond acceptors (Lipinski definition) is 6. The Balaban J connectivity index is 1.55. The minimum Gasteiger partial charge on any atom is -0.348 e. The first-order valence-electron chi connectivity index (χ1n) is 7.76. The van der Waals surface area contributed by atoms with Crippen LogP contribution >= 0.6 is 23.5 Å². The number of carbonyl (C=O) groups excluding carboxylic acids is 1. The minimum atomic E-state index is -4.75. The van der Waals surface area contributed by atoms with E-state index in [-0.39, 0.29) is 12.1 Å². The molecule has 3 rings (SSSR count). The van der Waals surface area contributed by atoms with Crippen LogP contribution in [0.5, 0.6) is 0 Å². The Morgan fingerprint density at radius 1 is 1.14 bits per heavy atom. The third-order valence-corrected chi connectivity index (χ3v) is 5.04. The van der Waals surface area contributed by atoms with Crippen molar-refractivity contribution in [1.82, 2.24) is 14.7 Å². The lowest BCUT2D eigenvalue weighted by Crippen LogP contribution is -2.23. The monoisotopic (exact) mass is 428 g/mol. The summed E-state index contributed by atoms with van der Waals surface area (Å²) in [6.07, 6.45) is -3.32. The summed E-state index contributed by atoms with van der Waals surface area (Å²) < 4.78 is 58.1. The van der Waals surface area contributed by atoms with Crippen LogP contribution in [0.2, 0.25) is 0 Å². The van der Waals surface area contributed by atoms with Crippen molar-refractivity contribution in [1.29, 1.82) is 0 Å². The summed E-state index contributed by atoms with van der Waals surface area (Å²) in [6.45, 7) is -0.0943. The SMILES string of the molecule is O=C(NCc1ccc(C(F)(F)F)c(F)c1)c1ccc(SNc2ncns2)cc1. The molecule has 0 spiro atoms. The first-order valence-corrected chi connectivity index (χ1v) is 9.35. The van der Waals surface area contributed by atoms with E-state index in [0.29, 0.717) is 16.8 Å². The van der Waals surface area contributed by atoms with E-state index in [1.54, 1.807) is 24.3 Å². The lowest BCUT2D eigenvalue weighted by Gasteiger charge is -2.10. The maximum absolute atomic E-state index is 13.6. The molecule has 1 amide bonds. The summed E-state index contributed by atoms with van der Waals surface area (Å²) in [6, 6.07) is 9.22. The van der Waals surface area contributed by atoms with Gasteiger partial charge in [0.15, 0.2) is 0 Å². The van der Waals surface area contributed by atoms with Crippen molar-refractivity contribution >= 4 is 34.5 Å². The number of carbonyl (C=O) groups is 1. The molecule has 3 aromatic rings. The molecule has 0 fully saturated rings. The van der Waals surface area contributed by atoms with Crippen LogP contribution in [0.3, 0.4) is 0 Å². The second kappa shape index (κ2) is 8.57. The van der Waals surface area contributed by atoms with E-state index in [4.69, 9.17) is 0 Å². The van der Waals surface area contributed by atoms with E-state index in [1.807, 2.05) is 0 Å². The summed E-state index contributed by atoms with van der Waals surface area (Å²) >= 11 is 2.52. The van der Waals surface area contributed by atoms with Crippen molar-refractivity contribution in [2.45, 2.75) is 17.6 Å². The first-order chi connectivity index (χ1) is 13.3. The largest absolute Gasteiger partial charge is 0.419 e. The van der Waals surface area contributed by atoms with Gasteiger partial charge in [0.1, 0.15) is 12.1 Å². The van der Waals surface area contributed by atoms with Gasteiger partial charge < -0.3 is 10.0 Å². The van der Waals surface area contributed by atoms with Gasteiger partial charge in [-0.25, -0.2) is 9.37 Å². The van der Waals surface area contributed by atoms with Crippen LogP contribution < -0.4 is 10.0 Å². The molecule has 1 aromatic heterocycles. The molecular weight excluding hydrogens is 416 g/mol. The standard InChI is InChI=1S/C17H12F4N4OS2/c18-14-7-10(1-6-13(14)17(19,20)21)8-22-15(26)11-2-4-12(5-3-11)27-25-16-23-9-24-28-16/h1-7,9H,8H2,(H,22,26)(H,23,24,25). The normalized spacial score (nSPS) is 11.3. The van der Waals surface area contributed by atoms with E-state index in [2.05, 4.69) is 19.4 Å². The minimum absolute atomic E-state index is 0.0943. The number of alkyl halides is 3. The predicted molar refractivity (Wildman–Crippen MR) is 98.4 cm³/mol. The fourth-order valence-electron chi connectivity index (χ4n) is 2.18. The van der Waals surface area contributed by atoms with E-state index in [9.17, 15) is 22.4 Å². The van der Waals surface area contributed by atoms with Gasteiger partial charge in [-0.3, -0.25) is 4.79 Å². The number of amides is 1. The Morgan fingerprint density at radius 3 is 2.50 bits per heavy atom. The molecule has 2 N–H and O–H groups in total. The van der Waals surface area contributed by atoms with Gasteiger partial charge in [0, 0.05) is 28.5 Å². The maximum Gasteiger partial charge on any atom is 0.419 e. The van der Waals surface area contributed by atoms with Gasteiger partial charge in [-0.05, 0) is 53.9 Å². The average molecular weight is 428 g/mol. The van der Waals surface area contributed by atoms with Crippen LogP contribution in [-0.2, 0) is 12.7 Å².